The van der Waals surface area contributed by atoms with Gasteiger partial charge in [0.2, 0.25) is 0 Å². The van der Waals surface area contributed by atoms with Gasteiger partial charge in [0.05, 0.1) is 23.6 Å². The van der Waals surface area contributed by atoms with E-state index in [4.69, 9.17) is 16.7 Å². The van der Waals surface area contributed by atoms with Gasteiger partial charge >= 0.3 is 0 Å². The van der Waals surface area contributed by atoms with Crippen LogP contribution in [-0.2, 0) is 6.54 Å². The highest BCUT2D eigenvalue weighted by molar-refractivity contribution is 6.33. The molecule has 0 saturated carbocycles. The molecule has 0 fully saturated rings. The Kier molecular flexibility index (Phi) is 5.10. The fraction of sp³-hybridized carbons (Fsp3) is 0.227. The molecule has 1 N–H and O–H groups in total. The highest BCUT2D eigenvalue weighted by Crippen LogP contribution is 2.23. The van der Waals surface area contributed by atoms with Crippen molar-refractivity contribution in [3.8, 4) is 5.69 Å². The van der Waals surface area contributed by atoms with Gasteiger partial charge in [-0.25, -0.2) is 19.5 Å². The first kappa shape index (κ1) is 20.2. The van der Waals surface area contributed by atoms with Gasteiger partial charge in [0.25, 0.3) is 5.56 Å². The number of hydrogen-bond donors (Lipinski definition) is 1. The Balaban J connectivity index is 1.70. The van der Waals surface area contributed by atoms with Crippen LogP contribution in [0.5, 0.6) is 0 Å². The summed E-state index contributed by atoms with van der Waals surface area (Å²) in [4.78, 5) is 31.7. The lowest BCUT2D eigenvalue weighted by Crippen LogP contribution is -2.34. The molecule has 0 aliphatic heterocycles. The quantitative estimate of drug-likeness (QED) is 0.427. The van der Waals surface area contributed by atoms with Crippen LogP contribution in [0.15, 0.2) is 60.0 Å². The van der Waals surface area contributed by atoms with Crippen molar-refractivity contribution in [1.82, 2.24) is 34.1 Å². The number of rotatable bonds is 6. The summed E-state index contributed by atoms with van der Waals surface area (Å²) in [6.07, 6.45) is 4.79. The molecule has 5 rings (SSSR count). The predicted molar refractivity (Wildman–Crippen MR) is 123 cm³/mol. The molecule has 32 heavy (non-hydrogen) atoms. The fourth-order valence-corrected chi connectivity index (χ4v) is 4.07. The minimum absolute atomic E-state index is 0.227. The number of anilines is 1. The van der Waals surface area contributed by atoms with E-state index in [-0.39, 0.29) is 5.56 Å². The van der Waals surface area contributed by atoms with Gasteiger partial charge in [-0.2, -0.15) is 5.10 Å². The Morgan fingerprint density at radius 2 is 1.94 bits per heavy atom. The van der Waals surface area contributed by atoms with Gasteiger partial charge in [-0.1, -0.05) is 43.6 Å². The third kappa shape index (κ3) is 3.50. The van der Waals surface area contributed by atoms with Crippen molar-refractivity contribution in [1.29, 1.82) is 0 Å². The minimum Gasteiger partial charge on any atom is -0.347 e. The molecule has 10 heteroatoms. The van der Waals surface area contributed by atoms with Crippen LogP contribution in [0.4, 0.5) is 5.82 Å². The van der Waals surface area contributed by atoms with E-state index in [0.29, 0.717) is 46.8 Å². The van der Waals surface area contributed by atoms with Crippen molar-refractivity contribution in [2.45, 2.75) is 20.4 Å². The summed E-state index contributed by atoms with van der Waals surface area (Å²) in [5.41, 5.74) is 2.16. The van der Waals surface area contributed by atoms with Crippen LogP contribution < -0.4 is 10.5 Å². The predicted octanol–water partition coefficient (Wildman–Crippen LogP) is 3.47. The van der Waals surface area contributed by atoms with Gasteiger partial charge in [0.15, 0.2) is 17.3 Å². The molecular formula is C22H21ClN8O. The van der Waals surface area contributed by atoms with Gasteiger partial charge < -0.3 is 9.88 Å². The highest BCUT2D eigenvalue weighted by Gasteiger charge is 2.21. The largest absolute Gasteiger partial charge is 0.347 e. The van der Waals surface area contributed by atoms with Gasteiger partial charge in [-0.05, 0) is 24.1 Å². The molecule has 0 aliphatic rings. The van der Waals surface area contributed by atoms with Gasteiger partial charge in [-0.15, -0.1) is 0 Å². The zero-order valence-corrected chi connectivity index (χ0v) is 18.4. The first-order chi connectivity index (χ1) is 15.5. The average Bonchev–Trinajstić information content (AvgIpc) is 3.40. The first-order valence-electron chi connectivity index (χ1n) is 10.3. The number of nitrogens with one attached hydrogen (secondary N) is 1. The third-order valence-corrected chi connectivity index (χ3v) is 5.44. The number of nitrogens with zero attached hydrogens (tertiary/aromatic N) is 7. The monoisotopic (exact) mass is 448 g/mol. The summed E-state index contributed by atoms with van der Waals surface area (Å²) in [6.45, 7) is 5.30. The Bertz CT molecular complexity index is 1450. The molecule has 0 unspecified atom stereocenters. The number of fused-ring (bicyclic) bond motifs is 2. The van der Waals surface area contributed by atoms with E-state index in [1.165, 1.54) is 6.33 Å². The standard InChI is InChI=1S/C22H21ClN8O/c1-14(2)10-29(21-18-20(25-12-24-18)26-13-27-21)11-17-28-30-9-8-16(23)19(30)22(32)31(17)15-6-4-3-5-7-15/h3-9,12-14H,10-11H2,1-2H3,(H,24,25,26,27). The maximum absolute atomic E-state index is 13.5. The maximum atomic E-state index is 13.5. The molecule has 0 saturated heterocycles. The summed E-state index contributed by atoms with van der Waals surface area (Å²) in [5, 5.41) is 5.13. The summed E-state index contributed by atoms with van der Waals surface area (Å²) < 4.78 is 3.15. The van der Waals surface area contributed by atoms with Crippen molar-refractivity contribution < 1.29 is 0 Å². The van der Waals surface area contributed by atoms with E-state index in [1.807, 2.05) is 30.3 Å². The minimum atomic E-state index is -0.227. The second-order valence-corrected chi connectivity index (χ2v) is 8.33. The molecule has 4 aromatic heterocycles. The van der Waals surface area contributed by atoms with E-state index >= 15 is 0 Å². The molecular weight excluding hydrogens is 428 g/mol. The number of benzene rings is 1. The molecule has 0 bridgehead atoms. The Morgan fingerprint density at radius 3 is 2.72 bits per heavy atom. The smallest absolute Gasteiger partial charge is 0.284 e. The number of H-pyrrole nitrogens is 1. The van der Waals surface area contributed by atoms with Crippen molar-refractivity contribution in [2.24, 2.45) is 5.92 Å². The van der Waals surface area contributed by atoms with Crippen LogP contribution in [0.1, 0.15) is 19.7 Å². The highest BCUT2D eigenvalue weighted by atomic mass is 35.5. The van der Waals surface area contributed by atoms with Crippen molar-refractivity contribution in [3.05, 3.63) is 76.5 Å². The molecule has 5 aromatic rings. The van der Waals surface area contributed by atoms with Gasteiger partial charge in [0.1, 0.15) is 17.4 Å². The van der Waals surface area contributed by atoms with Crippen LogP contribution >= 0.6 is 11.6 Å². The number of para-hydroxylation sites is 1. The molecule has 0 atom stereocenters. The lowest BCUT2D eigenvalue weighted by atomic mass is 10.2. The van der Waals surface area contributed by atoms with E-state index in [0.717, 1.165) is 11.2 Å². The second-order valence-electron chi connectivity index (χ2n) is 7.92. The van der Waals surface area contributed by atoms with Crippen LogP contribution in [-0.4, -0.2) is 40.7 Å². The lowest BCUT2D eigenvalue weighted by Gasteiger charge is -2.26. The Morgan fingerprint density at radius 1 is 1.12 bits per heavy atom. The van der Waals surface area contributed by atoms with Gasteiger partial charge in [-0.3, -0.25) is 9.36 Å². The lowest BCUT2D eigenvalue weighted by molar-refractivity contribution is 0.584. The van der Waals surface area contributed by atoms with Crippen LogP contribution in [0, 0.1) is 5.92 Å². The number of aromatic amines is 1. The molecule has 1 aromatic carbocycles. The summed E-state index contributed by atoms with van der Waals surface area (Å²) in [6, 6.07) is 11.1. The van der Waals surface area contributed by atoms with Crippen molar-refractivity contribution in [2.75, 3.05) is 11.4 Å². The molecule has 0 aliphatic carbocycles. The van der Waals surface area contributed by atoms with Crippen LogP contribution in [0.3, 0.4) is 0 Å². The normalized spacial score (nSPS) is 11.6. The van der Waals surface area contributed by atoms with E-state index in [9.17, 15) is 4.79 Å². The second kappa shape index (κ2) is 8.08. The molecule has 9 nitrogen and oxygen atoms in total. The molecule has 0 radical (unpaired) electrons. The summed E-state index contributed by atoms with van der Waals surface area (Å²) >= 11 is 6.30. The van der Waals surface area contributed by atoms with Crippen molar-refractivity contribution >= 4 is 34.1 Å². The molecule has 4 heterocycles. The first-order valence-corrected chi connectivity index (χ1v) is 10.6. The maximum Gasteiger partial charge on any atom is 0.284 e. The summed E-state index contributed by atoms with van der Waals surface area (Å²) in [5.74, 6) is 1.61. The fourth-order valence-electron chi connectivity index (χ4n) is 3.85. The number of hydrogen-bond acceptors (Lipinski definition) is 6. The number of imidazole rings is 1. The van der Waals surface area contributed by atoms with E-state index in [1.54, 1.807) is 27.7 Å². The average molecular weight is 449 g/mol. The van der Waals surface area contributed by atoms with E-state index in [2.05, 4.69) is 38.7 Å². The number of aromatic nitrogens is 7. The van der Waals surface area contributed by atoms with Crippen LogP contribution in [0.25, 0.3) is 22.4 Å². The number of halogens is 1. The molecule has 0 spiro atoms. The SMILES string of the molecule is CC(C)CN(Cc1nn2ccc(Cl)c2c(=O)n1-c1ccccc1)c1ncnc2nc[nH]c12. The topological polar surface area (TPSA) is 97.0 Å². The Hall–Kier alpha value is -3.72. The van der Waals surface area contributed by atoms with Crippen molar-refractivity contribution in [3.63, 3.8) is 0 Å². The zero-order chi connectivity index (χ0) is 22.2. The molecule has 162 valence electrons. The van der Waals surface area contributed by atoms with Crippen LogP contribution in [0.2, 0.25) is 5.02 Å². The molecule has 0 amide bonds. The van der Waals surface area contributed by atoms with Gasteiger partial charge in [0, 0.05) is 12.7 Å². The Labute approximate surface area is 188 Å². The van der Waals surface area contributed by atoms with E-state index < -0.39 is 0 Å². The zero-order valence-electron chi connectivity index (χ0n) is 17.6. The summed E-state index contributed by atoms with van der Waals surface area (Å²) in [7, 11) is 0. The third-order valence-electron chi connectivity index (χ3n) is 5.14.